The molecular weight excluding hydrogens is 180 g/mol. The van der Waals surface area contributed by atoms with Gasteiger partial charge in [0.1, 0.15) is 0 Å². The summed E-state index contributed by atoms with van der Waals surface area (Å²) >= 11 is 0. The Bertz CT molecular complexity index is 445. The molecule has 0 spiro atoms. The van der Waals surface area contributed by atoms with Crippen LogP contribution in [0.5, 0.6) is 0 Å². The Hall–Kier alpha value is -1.56. The second kappa shape index (κ2) is 3.54. The fourth-order valence-corrected chi connectivity index (χ4v) is 1.68. The van der Waals surface area contributed by atoms with Gasteiger partial charge in [-0.1, -0.05) is 62.9 Å². The molecule has 0 saturated heterocycles. The third-order valence-electron chi connectivity index (χ3n) is 2.73. The van der Waals surface area contributed by atoms with E-state index in [-0.39, 0.29) is 5.41 Å². The van der Waals surface area contributed by atoms with Crippen LogP contribution in [0.3, 0.4) is 0 Å². The average Bonchev–Trinajstić information content (AvgIpc) is 2.38. The standard InChI is InChI=1S/C15H16/c1-4-12-5-6-13-7-9-15(2,3)10-8-14(13)11-12/h4-11H,1H2,2-3H3. The minimum atomic E-state index is 0.146. The maximum absolute atomic E-state index is 3.79. The highest BCUT2D eigenvalue weighted by Gasteiger charge is 2.12. The number of rotatable bonds is 1. The van der Waals surface area contributed by atoms with Crippen molar-refractivity contribution < 1.29 is 0 Å². The van der Waals surface area contributed by atoms with Crippen LogP contribution in [0.1, 0.15) is 30.5 Å². The van der Waals surface area contributed by atoms with E-state index < -0.39 is 0 Å². The summed E-state index contributed by atoms with van der Waals surface area (Å²) in [4.78, 5) is 0. The summed E-state index contributed by atoms with van der Waals surface area (Å²) in [6.07, 6.45) is 10.8. The molecule has 0 bridgehead atoms. The van der Waals surface area contributed by atoms with Crippen LogP contribution in [-0.4, -0.2) is 0 Å². The molecule has 2 rings (SSSR count). The van der Waals surface area contributed by atoms with Crippen molar-refractivity contribution in [2.24, 2.45) is 5.41 Å². The van der Waals surface area contributed by atoms with Gasteiger partial charge in [0.15, 0.2) is 0 Å². The summed E-state index contributed by atoms with van der Waals surface area (Å²) in [5.74, 6) is 0. The van der Waals surface area contributed by atoms with Crippen molar-refractivity contribution in [3.05, 3.63) is 53.6 Å². The van der Waals surface area contributed by atoms with Crippen molar-refractivity contribution in [3.63, 3.8) is 0 Å². The topological polar surface area (TPSA) is 0 Å². The summed E-state index contributed by atoms with van der Waals surface area (Å²) in [5.41, 5.74) is 3.87. The number of allylic oxidation sites excluding steroid dienone is 2. The lowest BCUT2D eigenvalue weighted by Crippen LogP contribution is -1.99. The van der Waals surface area contributed by atoms with Crippen molar-refractivity contribution in [2.75, 3.05) is 0 Å². The molecule has 15 heavy (non-hydrogen) atoms. The van der Waals surface area contributed by atoms with E-state index in [1.54, 1.807) is 0 Å². The molecule has 0 nitrogen and oxygen atoms in total. The van der Waals surface area contributed by atoms with Gasteiger partial charge in [-0.3, -0.25) is 0 Å². The number of hydrogen-bond acceptors (Lipinski definition) is 0. The van der Waals surface area contributed by atoms with Crippen molar-refractivity contribution >= 4 is 18.2 Å². The molecule has 0 N–H and O–H groups in total. The fraction of sp³-hybridized carbons (Fsp3) is 0.200. The smallest absolute Gasteiger partial charge is 0.00111 e. The zero-order valence-corrected chi connectivity index (χ0v) is 9.33. The van der Waals surface area contributed by atoms with Gasteiger partial charge in [0.05, 0.1) is 0 Å². The van der Waals surface area contributed by atoms with E-state index in [0.717, 1.165) is 0 Å². The first-order valence-corrected chi connectivity index (χ1v) is 5.26. The highest BCUT2D eigenvalue weighted by atomic mass is 14.2. The van der Waals surface area contributed by atoms with Crippen molar-refractivity contribution in [2.45, 2.75) is 13.8 Å². The third kappa shape index (κ3) is 2.10. The second-order valence-electron chi connectivity index (χ2n) is 4.58. The largest absolute Gasteiger partial charge is 0.0985 e. The lowest BCUT2D eigenvalue weighted by atomic mass is 9.93. The quantitative estimate of drug-likeness (QED) is 0.624. The first-order valence-electron chi connectivity index (χ1n) is 5.26. The first kappa shape index (κ1) is 9.97. The van der Waals surface area contributed by atoms with Gasteiger partial charge in [-0.15, -0.1) is 0 Å². The van der Waals surface area contributed by atoms with E-state index >= 15 is 0 Å². The molecular formula is C15H16. The molecule has 1 aliphatic carbocycles. The van der Waals surface area contributed by atoms with Crippen LogP contribution in [-0.2, 0) is 0 Å². The SMILES string of the molecule is C=Cc1ccc2c(c1)C=CC(C)(C)C=C2. The molecule has 0 aliphatic heterocycles. The van der Waals surface area contributed by atoms with Gasteiger partial charge < -0.3 is 0 Å². The van der Waals surface area contributed by atoms with Gasteiger partial charge in [-0.25, -0.2) is 0 Å². The van der Waals surface area contributed by atoms with E-state index in [1.807, 2.05) is 6.08 Å². The number of hydrogen-bond donors (Lipinski definition) is 0. The Balaban J connectivity index is 2.53. The van der Waals surface area contributed by atoms with Gasteiger partial charge in [-0.05, 0) is 22.8 Å². The van der Waals surface area contributed by atoms with Crippen molar-refractivity contribution in [1.82, 2.24) is 0 Å². The summed E-state index contributed by atoms with van der Waals surface area (Å²) in [6, 6.07) is 6.42. The molecule has 0 heterocycles. The molecule has 0 saturated carbocycles. The van der Waals surface area contributed by atoms with E-state index in [9.17, 15) is 0 Å². The van der Waals surface area contributed by atoms with Gasteiger partial charge in [0, 0.05) is 5.41 Å². The van der Waals surface area contributed by atoms with Gasteiger partial charge in [-0.2, -0.15) is 0 Å². The maximum Gasteiger partial charge on any atom is 0.00111 e. The molecule has 0 unspecified atom stereocenters. The maximum atomic E-state index is 3.79. The van der Waals surface area contributed by atoms with Gasteiger partial charge >= 0.3 is 0 Å². The van der Waals surface area contributed by atoms with Crippen molar-refractivity contribution in [3.8, 4) is 0 Å². The molecule has 0 radical (unpaired) electrons. The van der Waals surface area contributed by atoms with Crippen LogP contribution < -0.4 is 0 Å². The summed E-state index contributed by atoms with van der Waals surface area (Å²) in [5, 5.41) is 0. The third-order valence-corrected chi connectivity index (χ3v) is 2.73. The Morgan fingerprint density at radius 2 is 1.73 bits per heavy atom. The average molecular weight is 196 g/mol. The van der Waals surface area contributed by atoms with E-state index in [1.165, 1.54) is 16.7 Å². The highest BCUT2D eigenvalue weighted by molar-refractivity contribution is 5.71. The van der Waals surface area contributed by atoms with Gasteiger partial charge in [0.2, 0.25) is 0 Å². The van der Waals surface area contributed by atoms with Crippen LogP contribution in [0.2, 0.25) is 0 Å². The van der Waals surface area contributed by atoms with Gasteiger partial charge in [0.25, 0.3) is 0 Å². The first-order chi connectivity index (χ1) is 7.11. The van der Waals surface area contributed by atoms with E-state index in [2.05, 4.69) is 62.9 Å². The predicted octanol–water partition coefficient (Wildman–Crippen LogP) is 4.40. The van der Waals surface area contributed by atoms with Crippen molar-refractivity contribution in [1.29, 1.82) is 0 Å². The van der Waals surface area contributed by atoms with Crippen LogP contribution in [0.25, 0.3) is 18.2 Å². The molecule has 76 valence electrons. The molecule has 0 atom stereocenters. The normalized spacial score (nSPS) is 16.9. The number of benzene rings is 1. The monoisotopic (exact) mass is 196 g/mol. The second-order valence-corrected chi connectivity index (χ2v) is 4.58. The molecule has 0 heteroatoms. The zero-order valence-electron chi connectivity index (χ0n) is 9.33. The minimum absolute atomic E-state index is 0.146. The predicted molar refractivity (Wildman–Crippen MR) is 68.4 cm³/mol. The summed E-state index contributed by atoms with van der Waals surface area (Å²) in [6.45, 7) is 8.21. The van der Waals surface area contributed by atoms with Crippen LogP contribution >= 0.6 is 0 Å². The Labute approximate surface area is 91.6 Å². The Kier molecular flexibility index (Phi) is 2.36. The summed E-state index contributed by atoms with van der Waals surface area (Å²) in [7, 11) is 0. The van der Waals surface area contributed by atoms with Crippen LogP contribution in [0.4, 0.5) is 0 Å². The van der Waals surface area contributed by atoms with Crippen LogP contribution in [0.15, 0.2) is 36.9 Å². The zero-order chi connectivity index (χ0) is 10.9. The molecule has 0 fully saturated rings. The lowest BCUT2D eigenvalue weighted by Gasteiger charge is -2.11. The minimum Gasteiger partial charge on any atom is -0.0985 e. The fourth-order valence-electron chi connectivity index (χ4n) is 1.68. The number of fused-ring (bicyclic) bond motifs is 1. The Morgan fingerprint density at radius 3 is 2.40 bits per heavy atom. The molecule has 1 aliphatic rings. The highest BCUT2D eigenvalue weighted by Crippen LogP contribution is 2.28. The Morgan fingerprint density at radius 1 is 1.07 bits per heavy atom. The molecule has 0 aromatic heterocycles. The molecule has 1 aromatic carbocycles. The lowest BCUT2D eigenvalue weighted by molar-refractivity contribution is 0.633. The van der Waals surface area contributed by atoms with E-state index in [4.69, 9.17) is 0 Å². The summed E-state index contributed by atoms with van der Waals surface area (Å²) < 4.78 is 0. The van der Waals surface area contributed by atoms with Crippen LogP contribution in [0, 0.1) is 5.41 Å². The molecule has 1 aromatic rings. The van der Waals surface area contributed by atoms with E-state index in [0.29, 0.717) is 0 Å². The molecule has 0 amide bonds.